The standard InChI is InChI=1S/C46H38N2O2P2/c47-31-33-15-13-25-41-39(33)27-29-43(51(37-21-9-3-10-22-37)49-35-17-5-1-6-18-35)45(41)46-42-26-14-16-34(32-48)40(42)28-30-44(46)52(38-23-11-4-12-24-38)50-36-19-7-2-8-20-36/h1-30H,31-32,47-48H2. The van der Waals surface area contributed by atoms with E-state index in [1.54, 1.807) is 0 Å². The predicted octanol–water partition coefficient (Wildman–Crippen LogP) is 9.43. The van der Waals surface area contributed by atoms with Crippen LogP contribution in [0.3, 0.4) is 0 Å². The lowest BCUT2D eigenvalue weighted by atomic mass is 9.91. The minimum Gasteiger partial charge on any atom is -0.464 e. The summed E-state index contributed by atoms with van der Waals surface area (Å²) in [6.45, 7) is 0.856. The van der Waals surface area contributed by atoms with E-state index in [1.807, 2.05) is 60.7 Å². The van der Waals surface area contributed by atoms with Crippen molar-refractivity contribution in [3.05, 3.63) is 193 Å². The van der Waals surface area contributed by atoms with Gasteiger partial charge in [0.1, 0.15) is 11.5 Å². The second kappa shape index (κ2) is 15.5. The summed E-state index contributed by atoms with van der Waals surface area (Å²) >= 11 is 0. The minimum atomic E-state index is -1.35. The van der Waals surface area contributed by atoms with Crippen LogP contribution < -0.4 is 41.7 Å². The van der Waals surface area contributed by atoms with E-state index in [1.165, 1.54) is 0 Å². The molecule has 8 rings (SSSR count). The number of rotatable bonds is 11. The van der Waals surface area contributed by atoms with Gasteiger partial charge < -0.3 is 20.5 Å². The largest absolute Gasteiger partial charge is 0.464 e. The lowest BCUT2D eigenvalue weighted by Gasteiger charge is -2.28. The molecule has 2 atom stereocenters. The van der Waals surface area contributed by atoms with Gasteiger partial charge in [-0.2, -0.15) is 0 Å². The zero-order valence-corrected chi connectivity index (χ0v) is 30.4. The SMILES string of the molecule is NCc1cccc2c(-c3c(P(Oc4ccccc4)c4ccccc4)ccc4c(CN)cccc34)c(P(Oc3ccccc3)c3ccccc3)ccc12. The highest BCUT2D eigenvalue weighted by molar-refractivity contribution is 7.70. The van der Waals surface area contributed by atoms with Crippen molar-refractivity contribution >= 4 is 59.1 Å². The summed E-state index contributed by atoms with van der Waals surface area (Å²) in [5, 5.41) is 8.95. The Bertz CT molecular complexity index is 2270. The maximum Gasteiger partial charge on any atom is 0.151 e. The molecule has 8 aromatic carbocycles. The fourth-order valence-electron chi connectivity index (χ4n) is 6.83. The van der Waals surface area contributed by atoms with Crippen molar-refractivity contribution in [1.29, 1.82) is 0 Å². The van der Waals surface area contributed by atoms with Crippen molar-refractivity contribution in [2.75, 3.05) is 0 Å². The maximum atomic E-state index is 7.09. The van der Waals surface area contributed by atoms with Gasteiger partial charge in [0, 0.05) is 45.4 Å². The molecular formula is C46H38N2O2P2. The molecule has 4 N–H and O–H groups in total. The first kappa shape index (κ1) is 33.8. The second-order valence-electron chi connectivity index (χ2n) is 12.4. The molecule has 0 aliphatic heterocycles. The van der Waals surface area contributed by atoms with Gasteiger partial charge >= 0.3 is 0 Å². The average Bonchev–Trinajstić information content (AvgIpc) is 3.22. The first-order chi connectivity index (χ1) is 25.7. The summed E-state index contributed by atoms with van der Waals surface area (Å²) in [4.78, 5) is 0. The van der Waals surface area contributed by atoms with E-state index in [0.29, 0.717) is 13.1 Å². The minimum absolute atomic E-state index is 0.428. The molecule has 0 saturated heterocycles. The van der Waals surface area contributed by atoms with Gasteiger partial charge in [-0.3, -0.25) is 0 Å². The van der Waals surface area contributed by atoms with Crippen LogP contribution in [0.5, 0.6) is 11.5 Å². The van der Waals surface area contributed by atoms with Crippen molar-refractivity contribution in [3.63, 3.8) is 0 Å². The number of benzene rings is 8. The monoisotopic (exact) mass is 712 g/mol. The van der Waals surface area contributed by atoms with Gasteiger partial charge in [0.25, 0.3) is 0 Å². The third-order valence-corrected chi connectivity index (χ3v) is 13.2. The fraction of sp³-hybridized carbons (Fsp3) is 0.0435. The lowest BCUT2D eigenvalue weighted by Crippen LogP contribution is -2.23. The van der Waals surface area contributed by atoms with Crippen LogP contribution in [-0.2, 0) is 13.1 Å². The zero-order chi connectivity index (χ0) is 35.3. The van der Waals surface area contributed by atoms with Gasteiger partial charge in [0.15, 0.2) is 16.3 Å². The normalized spacial score (nSPS) is 12.4. The molecule has 0 radical (unpaired) electrons. The summed E-state index contributed by atoms with van der Waals surface area (Å²) in [7, 11) is -2.70. The summed E-state index contributed by atoms with van der Waals surface area (Å²) in [5.74, 6) is 1.64. The molecule has 0 bridgehead atoms. The van der Waals surface area contributed by atoms with E-state index in [-0.39, 0.29) is 0 Å². The van der Waals surface area contributed by atoms with Gasteiger partial charge in [-0.05, 0) is 69.1 Å². The Morgan fingerprint density at radius 3 is 1.08 bits per heavy atom. The summed E-state index contributed by atoms with van der Waals surface area (Å²) < 4.78 is 14.2. The van der Waals surface area contributed by atoms with Gasteiger partial charge in [-0.15, -0.1) is 0 Å². The molecule has 0 heterocycles. The molecule has 0 amide bonds. The topological polar surface area (TPSA) is 70.5 Å². The molecule has 52 heavy (non-hydrogen) atoms. The van der Waals surface area contributed by atoms with Crippen LogP contribution in [0.1, 0.15) is 11.1 Å². The molecule has 0 fully saturated rings. The van der Waals surface area contributed by atoms with Gasteiger partial charge in [-0.1, -0.05) is 146 Å². The van der Waals surface area contributed by atoms with Crippen LogP contribution in [-0.4, -0.2) is 0 Å². The van der Waals surface area contributed by atoms with E-state index in [9.17, 15) is 0 Å². The van der Waals surface area contributed by atoms with E-state index in [2.05, 4.69) is 121 Å². The Morgan fingerprint density at radius 1 is 0.346 bits per heavy atom. The summed E-state index contributed by atoms with van der Waals surface area (Å²) in [5.41, 5.74) is 17.2. The fourth-order valence-corrected chi connectivity index (χ4v) is 10.6. The third-order valence-electron chi connectivity index (χ3n) is 9.25. The van der Waals surface area contributed by atoms with Crippen molar-refractivity contribution in [2.24, 2.45) is 11.5 Å². The molecule has 0 spiro atoms. The van der Waals surface area contributed by atoms with Crippen LogP contribution in [0.15, 0.2) is 182 Å². The highest BCUT2D eigenvalue weighted by Gasteiger charge is 2.30. The molecule has 6 heteroatoms. The quantitative estimate of drug-likeness (QED) is 0.131. The van der Waals surface area contributed by atoms with Crippen LogP contribution in [0.4, 0.5) is 0 Å². The smallest absolute Gasteiger partial charge is 0.151 e. The summed E-state index contributed by atoms with van der Waals surface area (Å²) in [6.07, 6.45) is 0. The second-order valence-corrected chi connectivity index (χ2v) is 16.0. The molecule has 4 nitrogen and oxygen atoms in total. The predicted molar refractivity (Wildman–Crippen MR) is 222 cm³/mol. The Labute approximate surface area is 307 Å². The van der Waals surface area contributed by atoms with Crippen LogP contribution in [0.25, 0.3) is 32.7 Å². The van der Waals surface area contributed by atoms with E-state index in [4.69, 9.17) is 20.5 Å². The van der Waals surface area contributed by atoms with Gasteiger partial charge in [0.05, 0.1) is 0 Å². The molecule has 8 aromatic rings. The number of nitrogens with two attached hydrogens (primary N) is 2. The highest BCUT2D eigenvalue weighted by Crippen LogP contribution is 2.48. The first-order valence-corrected chi connectivity index (χ1v) is 19.9. The Balaban J connectivity index is 1.50. The molecule has 0 saturated carbocycles. The molecule has 0 aromatic heterocycles. The number of hydrogen-bond donors (Lipinski definition) is 2. The maximum absolute atomic E-state index is 7.09. The van der Waals surface area contributed by atoms with Crippen LogP contribution in [0, 0.1) is 0 Å². The summed E-state index contributed by atoms with van der Waals surface area (Å²) in [6, 6.07) is 63.3. The average molecular weight is 713 g/mol. The molecule has 0 aliphatic rings. The van der Waals surface area contributed by atoms with E-state index in [0.717, 1.165) is 76.5 Å². The Morgan fingerprint density at radius 2 is 0.712 bits per heavy atom. The van der Waals surface area contributed by atoms with Crippen LogP contribution in [0.2, 0.25) is 0 Å². The molecule has 0 aliphatic carbocycles. The van der Waals surface area contributed by atoms with E-state index < -0.39 is 16.3 Å². The van der Waals surface area contributed by atoms with Crippen molar-refractivity contribution < 1.29 is 9.05 Å². The molecule has 254 valence electrons. The number of para-hydroxylation sites is 2. The Kier molecular flexibility index (Phi) is 10.1. The van der Waals surface area contributed by atoms with Crippen molar-refractivity contribution in [2.45, 2.75) is 13.1 Å². The third kappa shape index (κ3) is 6.71. The zero-order valence-electron chi connectivity index (χ0n) is 28.6. The lowest BCUT2D eigenvalue weighted by molar-refractivity contribution is 0.629. The molecule has 2 unspecified atom stereocenters. The van der Waals surface area contributed by atoms with Crippen molar-refractivity contribution in [1.82, 2.24) is 0 Å². The Hall–Kier alpha value is -5.34. The van der Waals surface area contributed by atoms with Crippen LogP contribution >= 0.6 is 16.3 Å². The number of fused-ring (bicyclic) bond motifs is 2. The highest BCUT2D eigenvalue weighted by atomic mass is 31.1. The van der Waals surface area contributed by atoms with Gasteiger partial charge in [-0.25, -0.2) is 0 Å². The van der Waals surface area contributed by atoms with E-state index >= 15 is 0 Å². The molecular weight excluding hydrogens is 674 g/mol. The van der Waals surface area contributed by atoms with Crippen molar-refractivity contribution in [3.8, 4) is 22.6 Å². The van der Waals surface area contributed by atoms with Gasteiger partial charge in [0.2, 0.25) is 0 Å². The number of hydrogen-bond acceptors (Lipinski definition) is 4. The first-order valence-electron chi connectivity index (χ1n) is 17.4.